The summed E-state index contributed by atoms with van der Waals surface area (Å²) in [4.78, 5) is 12.4. The number of nitrogens with one attached hydrogen (secondary N) is 2. The molecule has 0 bridgehead atoms. The van der Waals surface area contributed by atoms with E-state index < -0.39 is 15.9 Å². The number of benzene rings is 3. The van der Waals surface area contributed by atoms with Gasteiger partial charge in [0.1, 0.15) is 12.4 Å². The summed E-state index contributed by atoms with van der Waals surface area (Å²) in [6.45, 7) is 2.52. The number of carbonyl (C=O) groups is 1. The van der Waals surface area contributed by atoms with Gasteiger partial charge in [0, 0.05) is 5.56 Å². The largest absolute Gasteiger partial charge is 0.491 e. The highest BCUT2D eigenvalue weighted by Gasteiger charge is 2.17. The maximum absolute atomic E-state index is 12.7. The molecule has 8 heteroatoms. The zero-order chi connectivity index (χ0) is 21.6. The molecular formula is C22H21ClN2O4S. The summed E-state index contributed by atoms with van der Waals surface area (Å²) in [6, 6.07) is 19.9. The van der Waals surface area contributed by atoms with E-state index in [4.69, 9.17) is 16.3 Å². The van der Waals surface area contributed by atoms with Gasteiger partial charge >= 0.3 is 0 Å². The number of anilines is 1. The molecule has 156 valence electrons. The summed E-state index contributed by atoms with van der Waals surface area (Å²) in [6.07, 6.45) is 0. The van der Waals surface area contributed by atoms with Crippen LogP contribution in [0.1, 0.15) is 15.9 Å². The smallest absolute Gasteiger partial charge is 0.261 e. The quantitative estimate of drug-likeness (QED) is 0.508. The zero-order valence-electron chi connectivity index (χ0n) is 16.3. The second-order valence-electron chi connectivity index (χ2n) is 6.48. The molecule has 0 heterocycles. The number of sulfonamides is 1. The first kappa shape index (κ1) is 21.7. The van der Waals surface area contributed by atoms with Gasteiger partial charge in [-0.05, 0) is 48.9 Å². The third-order valence-electron chi connectivity index (χ3n) is 4.26. The van der Waals surface area contributed by atoms with Crippen LogP contribution in [0.15, 0.2) is 77.7 Å². The van der Waals surface area contributed by atoms with Crippen molar-refractivity contribution in [2.45, 2.75) is 11.8 Å². The molecule has 0 saturated heterocycles. The molecule has 0 aliphatic heterocycles. The minimum Gasteiger partial charge on any atom is -0.491 e. The minimum atomic E-state index is -3.90. The molecule has 3 rings (SSSR count). The van der Waals surface area contributed by atoms with Gasteiger partial charge in [-0.15, -0.1) is 0 Å². The molecule has 0 atom stereocenters. The van der Waals surface area contributed by atoms with Crippen molar-refractivity contribution < 1.29 is 17.9 Å². The van der Waals surface area contributed by atoms with Crippen LogP contribution in [0.3, 0.4) is 0 Å². The highest BCUT2D eigenvalue weighted by atomic mass is 35.5. The molecule has 0 saturated carbocycles. The Balaban J connectivity index is 1.62. The summed E-state index contributed by atoms with van der Waals surface area (Å²) >= 11 is 6.02. The molecule has 30 heavy (non-hydrogen) atoms. The maximum atomic E-state index is 12.7. The maximum Gasteiger partial charge on any atom is 0.261 e. The van der Waals surface area contributed by atoms with Crippen LogP contribution >= 0.6 is 11.6 Å². The van der Waals surface area contributed by atoms with Gasteiger partial charge < -0.3 is 10.1 Å². The van der Waals surface area contributed by atoms with Crippen molar-refractivity contribution in [1.29, 1.82) is 0 Å². The Morgan fingerprint density at radius 1 is 1.00 bits per heavy atom. The fourth-order valence-electron chi connectivity index (χ4n) is 2.70. The molecular weight excluding hydrogens is 424 g/mol. The van der Waals surface area contributed by atoms with E-state index >= 15 is 0 Å². The van der Waals surface area contributed by atoms with Crippen molar-refractivity contribution in [3.8, 4) is 5.75 Å². The second-order valence-corrected chi connectivity index (χ2v) is 8.57. The van der Waals surface area contributed by atoms with Crippen LogP contribution in [0.2, 0.25) is 5.02 Å². The zero-order valence-corrected chi connectivity index (χ0v) is 17.8. The number of ether oxygens (including phenoxy) is 1. The first-order valence-electron chi connectivity index (χ1n) is 9.21. The fraction of sp³-hybridized carbons (Fsp3) is 0.136. The number of hydrogen-bond acceptors (Lipinski definition) is 4. The van der Waals surface area contributed by atoms with Crippen molar-refractivity contribution in [2.75, 3.05) is 17.9 Å². The van der Waals surface area contributed by atoms with Crippen molar-refractivity contribution in [3.05, 3.63) is 88.9 Å². The van der Waals surface area contributed by atoms with Gasteiger partial charge in [-0.3, -0.25) is 9.52 Å². The van der Waals surface area contributed by atoms with E-state index in [1.165, 1.54) is 18.2 Å². The fourth-order valence-corrected chi connectivity index (χ4v) is 4.06. The highest BCUT2D eigenvalue weighted by molar-refractivity contribution is 7.92. The Morgan fingerprint density at radius 2 is 1.73 bits per heavy atom. The SMILES string of the molecule is Cc1ccccc1OCCNC(=O)c1cccc(S(=O)(=O)Nc2ccccc2Cl)c1. The molecule has 0 spiro atoms. The number of para-hydroxylation sites is 2. The van der Waals surface area contributed by atoms with E-state index in [1.54, 1.807) is 30.3 Å². The predicted octanol–water partition coefficient (Wildman–Crippen LogP) is 4.26. The first-order valence-corrected chi connectivity index (χ1v) is 11.1. The summed E-state index contributed by atoms with van der Waals surface area (Å²) in [5.41, 5.74) is 1.50. The lowest BCUT2D eigenvalue weighted by Gasteiger charge is -2.11. The van der Waals surface area contributed by atoms with Crippen LogP contribution in [0, 0.1) is 6.92 Å². The summed E-state index contributed by atoms with van der Waals surface area (Å²) in [7, 11) is -3.90. The molecule has 0 fully saturated rings. The Hall–Kier alpha value is -3.03. The Kier molecular flexibility index (Phi) is 6.97. The van der Waals surface area contributed by atoms with Crippen molar-refractivity contribution >= 4 is 33.2 Å². The van der Waals surface area contributed by atoms with E-state index in [-0.39, 0.29) is 27.7 Å². The third kappa shape index (κ3) is 5.52. The number of hydrogen-bond donors (Lipinski definition) is 2. The van der Waals surface area contributed by atoms with E-state index in [2.05, 4.69) is 10.0 Å². The third-order valence-corrected chi connectivity index (χ3v) is 5.96. The molecule has 3 aromatic carbocycles. The van der Waals surface area contributed by atoms with Crippen LogP contribution in [0.25, 0.3) is 0 Å². The Labute approximate surface area is 180 Å². The normalized spacial score (nSPS) is 11.0. The lowest BCUT2D eigenvalue weighted by Crippen LogP contribution is -2.28. The van der Waals surface area contributed by atoms with Crippen LogP contribution < -0.4 is 14.8 Å². The average Bonchev–Trinajstić information content (AvgIpc) is 2.74. The summed E-state index contributed by atoms with van der Waals surface area (Å²) in [5.74, 6) is 0.365. The Morgan fingerprint density at radius 3 is 2.50 bits per heavy atom. The van der Waals surface area contributed by atoms with Crippen molar-refractivity contribution in [1.82, 2.24) is 5.32 Å². The van der Waals surface area contributed by atoms with E-state index in [0.717, 1.165) is 11.3 Å². The van der Waals surface area contributed by atoms with Crippen molar-refractivity contribution in [3.63, 3.8) is 0 Å². The van der Waals surface area contributed by atoms with Gasteiger partial charge in [0.05, 0.1) is 22.2 Å². The van der Waals surface area contributed by atoms with Crippen LogP contribution in [0.5, 0.6) is 5.75 Å². The standard InChI is InChI=1S/C22H21ClN2O4S/c1-16-7-2-5-12-21(16)29-14-13-24-22(26)17-8-6-9-18(15-17)30(27,28)25-20-11-4-3-10-19(20)23/h2-12,15,25H,13-14H2,1H3,(H,24,26). The molecule has 1 amide bonds. The lowest BCUT2D eigenvalue weighted by atomic mass is 10.2. The molecule has 0 aliphatic rings. The van der Waals surface area contributed by atoms with Gasteiger partial charge in [0.15, 0.2) is 0 Å². The van der Waals surface area contributed by atoms with Crippen molar-refractivity contribution in [2.24, 2.45) is 0 Å². The molecule has 3 aromatic rings. The number of aryl methyl sites for hydroxylation is 1. The van der Waals surface area contributed by atoms with E-state index in [1.807, 2.05) is 31.2 Å². The van der Waals surface area contributed by atoms with Crippen LogP contribution in [0.4, 0.5) is 5.69 Å². The number of halogens is 1. The molecule has 0 aliphatic carbocycles. The molecule has 0 aromatic heterocycles. The summed E-state index contributed by atoms with van der Waals surface area (Å²) in [5, 5.41) is 3.01. The predicted molar refractivity (Wildman–Crippen MR) is 118 cm³/mol. The Bertz CT molecular complexity index is 1150. The number of carbonyl (C=O) groups excluding carboxylic acids is 1. The van der Waals surface area contributed by atoms with Crippen LogP contribution in [-0.4, -0.2) is 27.5 Å². The van der Waals surface area contributed by atoms with Gasteiger partial charge in [-0.2, -0.15) is 0 Å². The summed E-state index contributed by atoms with van der Waals surface area (Å²) < 4.78 is 33.4. The molecule has 2 N–H and O–H groups in total. The second kappa shape index (κ2) is 9.65. The number of amides is 1. The van der Waals surface area contributed by atoms with Gasteiger partial charge in [-0.1, -0.05) is 48.0 Å². The highest BCUT2D eigenvalue weighted by Crippen LogP contribution is 2.24. The van der Waals surface area contributed by atoms with E-state index in [9.17, 15) is 13.2 Å². The van der Waals surface area contributed by atoms with Gasteiger partial charge in [-0.25, -0.2) is 8.42 Å². The topological polar surface area (TPSA) is 84.5 Å². The van der Waals surface area contributed by atoms with Crippen LogP contribution in [-0.2, 0) is 10.0 Å². The van der Waals surface area contributed by atoms with Gasteiger partial charge in [0.2, 0.25) is 0 Å². The average molecular weight is 445 g/mol. The molecule has 6 nitrogen and oxygen atoms in total. The monoisotopic (exact) mass is 444 g/mol. The van der Waals surface area contributed by atoms with E-state index in [0.29, 0.717) is 6.61 Å². The lowest BCUT2D eigenvalue weighted by molar-refractivity contribution is 0.0946. The number of rotatable bonds is 8. The molecule has 0 unspecified atom stereocenters. The molecule has 0 radical (unpaired) electrons. The van der Waals surface area contributed by atoms with Gasteiger partial charge in [0.25, 0.3) is 15.9 Å². The first-order chi connectivity index (χ1) is 14.4. The minimum absolute atomic E-state index is 0.0359.